The van der Waals surface area contributed by atoms with Crippen LogP contribution in [0.25, 0.3) is 0 Å². The highest BCUT2D eigenvalue weighted by molar-refractivity contribution is 7.99. The summed E-state index contributed by atoms with van der Waals surface area (Å²) in [5.41, 5.74) is 1.95. The summed E-state index contributed by atoms with van der Waals surface area (Å²) in [5, 5.41) is 0.686. The lowest BCUT2D eigenvalue weighted by atomic mass is 10.1. The van der Waals surface area contributed by atoms with Crippen molar-refractivity contribution in [2.24, 2.45) is 0 Å². The Morgan fingerprint density at radius 3 is 2.30 bits per heavy atom. The topological polar surface area (TPSA) is 72.0 Å². The molecule has 0 aliphatic carbocycles. The second-order valence-electron chi connectivity index (χ2n) is 6.07. The van der Waals surface area contributed by atoms with Gasteiger partial charge in [0.15, 0.2) is 5.16 Å². The Kier molecular flexibility index (Phi) is 6.60. The van der Waals surface area contributed by atoms with Gasteiger partial charge in [-0.15, -0.1) is 0 Å². The molecule has 3 aromatic rings. The van der Waals surface area contributed by atoms with Crippen molar-refractivity contribution in [3.8, 4) is 0 Å². The second-order valence-corrected chi connectivity index (χ2v) is 8.84. The molecule has 3 rings (SSSR count). The van der Waals surface area contributed by atoms with Gasteiger partial charge in [-0.2, -0.15) is 0 Å². The maximum atomic E-state index is 12.8. The highest BCUT2D eigenvalue weighted by Gasteiger charge is 2.21. The van der Waals surface area contributed by atoms with Crippen LogP contribution >= 0.6 is 11.8 Å². The van der Waals surface area contributed by atoms with Crippen molar-refractivity contribution in [3.05, 3.63) is 84.2 Å². The average molecular weight is 400 g/mol. The van der Waals surface area contributed by atoms with Gasteiger partial charge in [-0.05, 0) is 37.1 Å². The van der Waals surface area contributed by atoms with E-state index >= 15 is 0 Å². The number of sulfonamides is 1. The average Bonchev–Trinajstić information content (AvgIpc) is 2.69. The van der Waals surface area contributed by atoms with E-state index in [2.05, 4.69) is 14.7 Å². The second kappa shape index (κ2) is 9.12. The molecule has 5 nitrogen and oxygen atoms in total. The largest absolute Gasteiger partial charge is 0.241 e. The summed E-state index contributed by atoms with van der Waals surface area (Å²) in [6, 6.07) is 17.9. The SMILES string of the molecule is Cc1ccc(S(=O)(=O)NC(CCSc2ncccn2)c2ccccc2)cc1. The van der Waals surface area contributed by atoms with Crippen molar-refractivity contribution in [1.29, 1.82) is 0 Å². The van der Waals surface area contributed by atoms with Gasteiger partial charge in [0.1, 0.15) is 0 Å². The molecule has 0 fully saturated rings. The standard InChI is InChI=1S/C20H21N3O2S2/c1-16-8-10-18(11-9-16)27(24,25)23-19(17-6-3-2-4-7-17)12-15-26-20-21-13-5-14-22-20/h2-11,13-14,19,23H,12,15H2,1H3. The van der Waals surface area contributed by atoms with Crippen LogP contribution in [0.1, 0.15) is 23.6 Å². The fraction of sp³-hybridized carbons (Fsp3) is 0.200. The molecule has 1 aromatic heterocycles. The lowest BCUT2D eigenvalue weighted by Gasteiger charge is -2.19. The van der Waals surface area contributed by atoms with Gasteiger partial charge in [0.25, 0.3) is 0 Å². The molecule has 0 saturated carbocycles. The molecule has 0 saturated heterocycles. The van der Waals surface area contributed by atoms with Crippen LogP contribution in [0.2, 0.25) is 0 Å². The third kappa shape index (κ3) is 5.63. The number of rotatable bonds is 8. The quantitative estimate of drug-likeness (QED) is 0.458. The number of benzene rings is 2. The van der Waals surface area contributed by atoms with E-state index in [0.29, 0.717) is 17.3 Å². The minimum atomic E-state index is -3.61. The number of nitrogens with one attached hydrogen (secondary N) is 1. The third-order valence-electron chi connectivity index (χ3n) is 4.01. The lowest BCUT2D eigenvalue weighted by molar-refractivity contribution is 0.551. The number of aromatic nitrogens is 2. The molecule has 0 spiro atoms. The summed E-state index contributed by atoms with van der Waals surface area (Å²) in [4.78, 5) is 8.66. The van der Waals surface area contributed by atoms with E-state index in [1.807, 2.05) is 37.3 Å². The van der Waals surface area contributed by atoms with Crippen LogP contribution < -0.4 is 4.72 Å². The molecular formula is C20H21N3O2S2. The zero-order valence-electron chi connectivity index (χ0n) is 14.9. The number of aryl methyl sites for hydroxylation is 1. The fourth-order valence-corrected chi connectivity index (χ4v) is 4.65. The molecule has 0 bridgehead atoms. The molecule has 0 aliphatic heterocycles. The number of thioether (sulfide) groups is 1. The molecule has 0 radical (unpaired) electrons. The Balaban J connectivity index is 1.74. The van der Waals surface area contributed by atoms with Gasteiger partial charge in [0, 0.05) is 24.2 Å². The molecule has 140 valence electrons. The summed E-state index contributed by atoms with van der Waals surface area (Å²) >= 11 is 1.51. The molecule has 0 aliphatic rings. The van der Waals surface area contributed by atoms with Crippen LogP contribution in [0.15, 0.2) is 83.1 Å². The first-order valence-corrected chi connectivity index (χ1v) is 11.1. The van der Waals surface area contributed by atoms with Gasteiger partial charge in [-0.25, -0.2) is 23.1 Å². The minimum absolute atomic E-state index is 0.271. The third-order valence-corrected chi connectivity index (χ3v) is 6.41. The summed E-state index contributed by atoms with van der Waals surface area (Å²) in [6.07, 6.45) is 4.02. The smallest absolute Gasteiger partial charge is 0.231 e. The van der Waals surface area contributed by atoms with Gasteiger partial charge >= 0.3 is 0 Å². The van der Waals surface area contributed by atoms with Gasteiger partial charge in [-0.3, -0.25) is 0 Å². The number of hydrogen-bond donors (Lipinski definition) is 1. The van der Waals surface area contributed by atoms with E-state index < -0.39 is 10.0 Å². The molecule has 2 aromatic carbocycles. The Morgan fingerprint density at radius 1 is 0.963 bits per heavy atom. The van der Waals surface area contributed by atoms with E-state index in [1.165, 1.54) is 11.8 Å². The van der Waals surface area contributed by atoms with Crippen molar-refractivity contribution >= 4 is 21.8 Å². The number of hydrogen-bond acceptors (Lipinski definition) is 5. The minimum Gasteiger partial charge on any atom is -0.231 e. The van der Waals surface area contributed by atoms with Crippen molar-refractivity contribution in [2.45, 2.75) is 29.4 Å². The molecule has 7 heteroatoms. The molecule has 1 atom stereocenters. The molecular weight excluding hydrogens is 378 g/mol. The van der Waals surface area contributed by atoms with Crippen LogP contribution in [0.3, 0.4) is 0 Å². The van der Waals surface area contributed by atoms with Gasteiger partial charge in [0.05, 0.1) is 4.90 Å². The van der Waals surface area contributed by atoms with Crippen molar-refractivity contribution in [1.82, 2.24) is 14.7 Å². The predicted octanol–water partition coefficient (Wildman–Crippen LogP) is 3.99. The van der Waals surface area contributed by atoms with Crippen molar-refractivity contribution in [3.63, 3.8) is 0 Å². The number of nitrogens with zero attached hydrogens (tertiary/aromatic N) is 2. The summed E-state index contributed by atoms with van der Waals surface area (Å²) in [7, 11) is -3.61. The van der Waals surface area contributed by atoms with Crippen molar-refractivity contribution in [2.75, 3.05) is 5.75 Å². The van der Waals surface area contributed by atoms with Gasteiger partial charge in [-0.1, -0.05) is 59.8 Å². The lowest BCUT2D eigenvalue weighted by Crippen LogP contribution is -2.29. The maximum Gasteiger partial charge on any atom is 0.241 e. The Bertz CT molecular complexity index is 948. The summed E-state index contributed by atoms with van der Waals surface area (Å²) in [5.74, 6) is 0.694. The zero-order valence-corrected chi connectivity index (χ0v) is 16.6. The summed E-state index contributed by atoms with van der Waals surface area (Å²) < 4.78 is 28.5. The highest BCUT2D eigenvalue weighted by Crippen LogP contribution is 2.24. The van der Waals surface area contributed by atoms with Crippen LogP contribution in [-0.4, -0.2) is 24.1 Å². The first-order valence-electron chi connectivity index (χ1n) is 8.58. The monoisotopic (exact) mass is 399 g/mol. The van der Waals surface area contributed by atoms with Crippen LogP contribution in [0.4, 0.5) is 0 Å². The molecule has 27 heavy (non-hydrogen) atoms. The predicted molar refractivity (Wildman–Crippen MR) is 108 cm³/mol. The Morgan fingerprint density at radius 2 is 1.63 bits per heavy atom. The molecule has 1 N–H and O–H groups in total. The molecule has 1 unspecified atom stereocenters. The fourth-order valence-electron chi connectivity index (χ4n) is 2.58. The molecule has 1 heterocycles. The maximum absolute atomic E-state index is 12.8. The zero-order chi connectivity index (χ0) is 19.1. The van der Waals surface area contributed by atoms with Crippen LogP contribution in [0.5, 0.6) is 0 Å². The van der Waals surface area contributed by atoms with Crippen molar-refractivity contribution < 1.29 is 8.42 Å². The molecule has 0 amide bonds. The highest BCUT2D eigenvalue weighted by atomic mass is 32.2. The van der Waals surface area contributed by atoms with E-state index in [4.69, 9.17) is 0 Å². The van der Waals surface area contributed by atoms with E-state index in [1.54, 1.807) is 42.7 Å². The Hall–Kier alpha value is -2.22. The van der Waals surface area contributed by atoms with Gasteiger partial charge in [0.2, 0.25) is 10.0 Å². The first-order chi connectivity index (χ1) is 13.0. The van der Waals surface area contributed by atoms with Crippen LogP contribution in [0, 0.1) is 6.92 Å². The van der Waals surface area contributed by atoms with E-state index in [9.17, 15) is 8.42 Å². The normalized spacial score (nSPS) is 12.6. The van der Waals surface area contributed by atoms with E-state index in [-0.39, 0.29) is 10.9 Å². The first kappa shape index (κ1) is 19.5. The van der Waals surface area contributed by atoms with Crippen LogP contribution in [-0.2, 0) is 10.0 Å². The Labute approximate surface area is 164 Å². The summed E-state index contributed by atoms with van der Waals surface area (Å²) in [6.45, 7) is 1.93. The van der Waals surface area contributed by atoms with Gasteiger partial charge < -0.3 is 0 Å². The van der Waals surface area contributed by atoms with E-state index in [0.717, 1.165) is 11.1 Å².